The number of ether oxygens (including phenoxy) is 1. The first-order valence-electron chi connectivity index (χ1n) is 9.50. The Kier molecular flexibility index (Phi) is 5.52. The molecule has 146 valence electrons. The highest BCUT2D eigenvalue weighted by Gasteiger charge is 2.10. The number of nitrogens with zero attached hydrogens (tertiary/aromatic N) is 3. The first-order valence-corrected chi connectivity index (χ1v) is 9.50. The molecule has 2 aromatic heterocycles. The Morgan fingerprint density at radius 1 is 1.10 bits per heavy atom. The number of pyridine rings is 1. The van der Waals surface area contributed by atoms with Gasteiger partial charge in [-0.05, 0) is 29.8 Å². The number of carbonyl (C=O) groups excluding carboxylic acids is 1. The van der Waals surface area contributed by atoms with Crippen LogP contribution in [-0.4, -0.2) is 34.1 Å². The molecule has 4 aromatic rings. The van der Waals surface area contributed by atoms with E-state index in [-0.39, 0.29) is 5.91 Å². The number of fused-ring (bicyclic) bond motifs is 1. The number of nitrogens with one attached hydrogen (secondary N) is 1. The number of imidazole rings is 1. The van der Waals surface area contributed by atoms with Gasteiger partial charge in [0.1, 0.15) is 17.3 Å². The van der Waals surface area contributed by atoms with Gasteiger partial charge >= 0.3 is 0 Å². The highest BCUT2D eigenvalue weighted by Crippen LogP contribution is 2.19. The van der Waals surface area contributed by atoms with Crippen molar-refractivity contribution in [3.05, 3.63) is 90.1 Å². The monoisotopic (exact) mass is 386 g/mol. The van der Waals surface area contributed by atoms with Gasteiger partial charge in [0.05, 0.1) is 12.6 Å². The fourth-order valence-corrected chi connectivity index (χ4v) is 3.23. The van der Waals surface area contributed by atoms with E-state index >= 15 is 0 Å². The predicted octanol–water partition coefficient (Wildman–Crippen LogP) is 3.46. The zero-order valence-electron chi connectivity index (χ0n) is 16.2. The average Bonchev–Trinajstić information content (AvgIpc) is 3.20. The summed E-state index contributed by atoms with van der Waals surface area (Å²) in [5, 5.41) is 3.87. The molecular formula is C23H22N4O2. The minimum absolute atomic E-state index is 0.191. The van der Waals surface area contributed by atoms with Gasteiger partial charge in [0.25, 0.3) is 5.91 Å². The van der Waals surface area contributed by atoms with Gasteiger partial charge in [0, 0.05) is 37.3 Å². The number of aromatic nitrogens is 3. The zero-order chi connectivity index (χ0) is 20.1. The number of hydrogen-bond acceptors (Lipinski definition) is 4. The summed E-state index contributed by atoms with van der Waals surface area (Å²) < 4.78 is 7.32. The van der Waals surface area contributed by atoms with Gasteiger partial charge in [0.2, 0.25) is 0 Å². The number of hydrogen-bond donors (Lipinski definition) is 1. The maximum absolute atomic E-state index is 12.5. The van der Waals surface area contributed by atoms with Crippen molar-refractivity contribution in [1.82, 2.24) is 19.9 Å². The summed E-state index contributed by atoms with van der Waals surface area (Å²) in [6, 6.07) is 19.4. The van der Waals surface area contributed by atoms with E-state index in [1.807, 2.05) is 48.7 Å². The molecule has 4 rings (SSSR count). The van der Waals surface area contributed by atoms with Crippen molar-refractivity contribution in [2.45, 2.75) is 13.0 Å². The maximum Gasteiger partial charge on any atom is 0.269 e. The Morgan fingerprint density at radius 3 is 2.79 bits per heavy atom. The second-order valence-corrected chi connectivity index (χ2v) is 6.72. The van der Waals surface area contributed by atoms with Crippen LogP contribution >= 0.6 is 0 Å². The Morgan fingerprint density at radius 2 is 1.97 bits per heavy atom. The molecule has 0 aliphatic heterocycles. The van der Waals surface area contributed by atoms with Crippen molar-refractivity contribution in [3.8, 4) is 5.75 Å². The number of rotatable bonds is 7. The lowest BCUT2D eigenvalue weighted by Crippen LogP contribution is -2.27. The third kappa shape index (κ3) is 4.43. The Hall–Kier alpha value is -3.67. The third-order valence-electron chi connectivity index (χ3n) is 4.76. The Balaban J connectivity index is 1.37. The van der Waals surface area contributed by atoms with Gasteiger partial charge < -0.3 is 14.6 Å². The second-order valence-electron chi connectivity index (χ2n) is 6.72. The lowest BCUT2D eigenvalue weighted by atomic mass is 10.2. The van der Waals surface area contributed by atoms with Crippen LogP contribution < -0.4 is 10.1 Å². The highest BCUT2D eigenvalue weighted by molar-refractivity contribution is 5.95. The molecule has 1 N–H and O–H groups in total. The Labute approximate surface area is 169 Å². The summed E-state index contributed by atoms with van der Waals surface area (Å²) in [5.41, 5.74) is 2.37. The Bertz CT molecular complexity index is 1120. The average molecular weight is 386 g/mol. The van der Waals surface area contributed by atoms with E-state index < -0.39 is 0 Å². The second kappa shape index (κ2) is 8.56. The van der Waals surface area contributed by atoms with E-state index in [0.29, 0.717) is 18.7 Å². The lowest BCUT2D eigenvalue weighted by Gasteiger charge is -2.09. The molecule has 6 heteroatoms. The van der Waals surface area contributed by atoms with E-state index in [4.69, 9.17) is 4.74 Å². The minimum Gasteiger partial charge on any atom is -0.497 e. The van der Waals surface area contributed by atoms with Crippen LogP contribution in [0.2, 0.25) is 0 Å². The van der Waals surface area contributed by atoms with E-state index in [2.05, 4.69) is 32.0 Å². The molecule has 0 fully saturated rings. The summed E-state index contributed by atoms with van der Waals surface area (Å²) >= 11 is 0. The van der Waals surface area contributed by atoms with Gasteiger partial charge in [-0.25, -0.2) is 9.97 Å². The SMILES string of the molecule is COc1ccc2nc(C(=O)NCCc3nccn3Cc3ccccc3)ccc2c1. The molecule has 0 bridgehead atoms. The molecule has 2 aromatic carbocycles. The molecule has 0 spiro atoms. The molecule has 2 heterocycles. The normalized spacial score (nSPS) is 10.8. The van der Waals surface area contributed by atoms with Gasteiger partial charge in [0.15, 0.2) is 0 Å². The topological polar surface area (TPSA) is 69.0 Å². The van der Waals surface area contributed by atoms with Crippen LogP contribution in [0.5, 0.6) is 5.75 Å². The van der Waals surface area contributed by atoms with Crippen LogP contribution in [0.15, 0.2) is 73.1 Å². The van der Waals surface area contributed by atoms with Crippen LogP contribution in [0.4, 0.5) is 0 Å². The van der Waals surface area contributed by atoms with E-state index in [0.717, 1.165) is 29.0 Å². The maximum atomic E-state index is 12.5. The van der Waals surface area contributed by atoms with Crippen molar-refractivity contribution in [3.63, 3.8) is 0 Å². The summed E-state index contributed by atoms with van der Waals surface area (Å²) in [6.07, 6.45) is 4.40. The number of carbonyl (C=O) groups is 1. The molecule has 0 unspecified atom stereocenters. The predicted molar refractivity (Wildman–Crippen MR) is 112 cm³/mol. The first-order chi connectivity index (χ1) is 14.2. The molecule has 0 saturated heterocycles. The van der Waals surface area contributed by atoms with Crippen molar-refractivity contribution in [2.75, 3.05) is 13.7 Å². The number of amides is 1. The summed E-state index contributed by atoms with van der Waals surface area (Å²) in [4.78, 5) is 21.4. The first kappa shape index (κ1) is 18.7. The molecule has 0 saturated carbocycles. The fraction of sp³-hybridized carbons (Fsp3) is 0.174. The number of methoxy groups -OCH3 is 1. The quantitative estimate of drug-likeness (QED) is 0.528. The third-order valence-corrected chi connectivity index (χ3v) is 4.76. The summed E-state index contributed by atoms with van der Waals surface area (Å²) in [7, 11) is 1.63. The van der Waals surface area contributed by atoms with Crippen molar-refractivity contribution >= 4 is 16.8 Å². The molecule has 29 heavy (non-hydrogen) atoms. The largest absolute Gasteiger partial charge is 0.497 e. The van der Waals surface area contributed by atoms with E-state index in [9.17, 15) is 4.79 Å². The molecule has 6 nitrogen and oxygen atoms in total. The summed E-state index contributed by atoms with van der Waals surface area (Å²) in [5.74, 6) is 1.51. The van der Waals surface area contributed by atoms with Crippen LogP contribution in [-0.2, 0) is 13.0 Å². The number of benzene rings is 2. The summed E-state index contributed by atoms with van der Waals surface area (Å²) in [6.45, 7) is 1.26. The molecule has 1 amide bonds. The van der Waals surface area contributed by atoms with Gasteiger partial charge in [-0.1, -0.05) is 36.4 Å². The minimum atomic E-state index is -0.191. The molecule has 0 radical (unpaired) electrons. The van der Waals surface area contributed by atoms with E-state index in [1.165, 1.54) is 5.56 Å². The molecule has 0 aliphatic carbocycles. The molecule has 0 aliphatic rings. The molecular weight excluding hydrogens is 364 g/mol. The zero-order valence-corrected chi connectivity index (χ0v) is 16.2. The highest BCUT2D eigenvalue weighted by atomic mass is 16.5. The van der Waals surface area contributed by atoms with Gasteiger partial charge in [-0.3, -0.25) is 4.79 Å². The van der Waals surface area contributed by atoms with Crippen molar-refractivity contribution in [2.24, 2.45) is 0 Å². The van der Waals surface area contributed by atoms with Crippen LogP contribution in [0.1, 0.15) is 21.9 Å². The van der Waals surface area contributed by atoms with Crippen molar-refractivity contribution < 1.29 is 9.53 Å². The standard InChI is InChI=1S/C23H22N4O2/c1-29-19-8-10-20-18(15-19)7-9-21(26-20)23(28)25-12-11-22-24-13-14-27(22)16-17-5-3-2-4-6-17/h2-10,13-15H,11-12,16H2,1H3,(H,25,28). The smallest absolute Gasteiger partial charge is 0.269 e. The fourth-order valence-electron chi connectivity index (χ4n) is 3.23. The lowest BCUT2D eigenvalue weighted by molar-refractivity contribution is 0.0949. The van der Waals surface area contributed by atoms with Gasteiger partial charge in [-0.15, -0.1) is 0 Å². The van der Waals surface area contributed by atoms with E-state index in [1.54, 1.807) is 19.4 Å². The van der Waals surface area contributed by atoms with Crippen LogP contribution in [0, 0.1) is 0 Å². The van der Waals surface area contributed by atoms with Gasteiger partial charge in [-0.2, -0.15) is 0 Å². The van der Waals surface area contributed by atoms with Crippen molar-refractivity contribution in [1.29, 1.82) is 0 Å². The molecule has 0 atom stereocenters. The van der Waals surface area contributed by atoms with Crippen LogP contribution in [0.25, 0.3) is 10.9 Å². The van der Waals surface area contributed by atoms with Crippen LogP contribution in [0.3, 0.4) is 0 Å².